The van der Waals surface area contributed by atoms with Crippen LogP contribution in [0.2, 0.25) is 0 Å². The molecule has 1 heterocycles. The van der Waals surface area contributed by atoms with E-state index in [1.165, 1.54) is 48.8 Å². The van der Waals surface area contributed by atoms with Gasteiger partial charge in [-0.1, -0.05) is 37.8 Å². The van der Waals surface area contributed by atoms with Crippen LogP contribution in [0.25, 0.3) is 0 Å². The highest BCUT2D eigenvalue weighted by Gasteiger charge is 2.21. The maximum Gasteiger partial charge on any atom is 0.161 e. The minimum absolute atomic E-state index is 0.307. The van der Waals surface area contributed by atoms with Gasteiger partial charge in [-0.15, -0.1) is 0 Å². The monoisotopic (exact) mass is 439 g/mol. The van der Waals surface area contributed by atoms with E-state index < -0.39 is 6.10 Å². The van der Waals surface area contributed by atoms with Gasteiger partial charge in [0.2, 0.25) is 0 Å². The van der Waals surface area contributed by atoms with Crippen LogP contribution in [0.3, 0.4) is 0 Å². The Labute approximate surface area is 192 Å². The second kappa shape index (κ2) is 11.1. The van der Waals surface area contributed by atoms with Crippen LogP contribution in [0.15, 0.2) is 36.4 Å². The number of methoxy groups -OCH3 is 2. The lowest BCUT2D eigenvalue weighted by molar-refractivity contribution is 0.0637. The summed E-state index contributed by atoms with van der Waals surface area (Å²) < 4.78 is 16.8. The highest BCUT2D eigenvalue weighted by molar-refractivity contribution is 5.48. The summed E-state index contributed by atoms with van der Waals surface area (Å²) in [6.07, 6.45) is 8.38. The third kappa shape index (κ3) is 5.96. The molecular weight excluding hydrogens is 402 g/mol. The molecule has 0 saturated heterocycles. The molecule has 5 nitrogen and oxygen atoms in total. The SMILES string of the molecule is COc1cc2c(cc1OC)CN(CC(O)COc1cccc(CCC3CCCC3)c1)CC2. The number of ether oxygens (including phenoxy) is 3. The first-order valence-corrected chi connectivity index (χ1v) is 12.0. The molecule has 2 aliphatic rings. The first-order chi connectivity index (χ1) is 15.6. The van der Waals surface area contributed by atoms with Gasteiger partial charge < -0.3 is 19.3 Å². The van der Waals surface area contributed by atoms with Crippen LogP contribution in [-0.2, 0) is 19.4 Å². The number of β-amino-alcohol motifs (C(OH)–C–C–N with tert-alkyl or cyclic N) is 1. The summed E-state index contributed by atoms with van der Waals surface area (Å²) in [5.41, 5.74) is 3.86. The number of nitrogens with zero attached hydrogens (tertiary/aromatic N) is 1. The quantitative estimate of drug-likeness (QED) is 0.585. The highest BCUT2D eigenvalue weighted by atomic mass is 16.5. The van der Waals surface area contributed by atoms with Crippen LogP contribution in [0, 0.1) is 5.92 Å². The first kappa shape index (κ1) is 22.9. The molecule has 174 valence electrons. The molecule has 1 saturated carbocycles. The van der Waals surface area contributed by atoms with E-state index in [0.717, 1.165) is 49.1 Å². The van der Waals surface area contributed by atoms with Crippen LogP contribution in [0.4, 0.5) is 0 Å². The van der Waals surface area contributed by atoms with Gasteiger partial charge in [-0.2, -0.15) is 0 Å². The number of benzene rings is 2. The van der Waals surface area contributed by atoms with E-state index in [0.29, 0.717) is 13.2 Å². The van der Waals surface area contributed by atoms with Crippen LogP contribution in [-0.4, -0.2) is 50.0 Å². The molecule has 0 spiro atoms. The largest absolute Gasteiger partial charge is 0.493 e. The maximum atomic E-state index is 10.6. The van der Waals surface area contributed by atoms with Gasteiger partial charge in [0.15, 0.2) is 11.5 Å². The molecule has 1 aliphatic heterocycles. The van der Waals surface area contributed by atoms with Crippen molar-refractivity contribution in [1.29, 1.82) is 0 Å². The van der Waals surface area contributed by atoms with Crippen molar-refractivity contribution in [3.63, 3.8) is 0 Å². The molecule has 32 heavy (non-hydrogen) atoms. The molecule has 4 rings (SSSR count). The van der Waals surface area contributed by atoms with Crippen LogP contribution in [0.1, 0.15) is 48.8 Å². The summed E-state index contributed by atoms with van der Waals surface area (Å²) in [5.74, 6) is 3.29. The average Bonchev–Trinajstić information content (AvgIpc) is 3.34. The number of hydrogen-bond donors (Lipinski definition) is 1. The van der Waals surface area contributed by atoms with Crippen molar-refractivity contribution < 1.29 is 19.3 Å². The zero-order chi connectivity index (χ0) is 22.3. The van der Waals surface area contributed by atoms with Gasteiger partial charge in [0.05, 0.1) is 14.2 Å². The minimum atomic E-state index is -0.529. The van der Waals surface area contributed by atoms with Gasteiger partial charge in [0.1, 0.15) is 18.5 Å². The van der Waals surface area contributed by atoms with Crippen molar-refractivity contribution in [1.82, 2.24) is 4.90 Å². The van der Waals surface area contributed by atoms with Crippen molar-refractivity contribution in [2.24, 2.45) is 5.92 Å². The van der Waals surface area contributed by atoms with E-state index in [1.807, 2.05) is 6.07 Å². The fourth-order valence-corrected chi connectivity index (χ4v) is 5.10. The normalized spacial score (nSPS) is 17.7. The van der Waals surface area contributed by atoms with Crippen molar-refractivity contribution in [3.8, 4) is 17.2 Å². The number of hydrogen-bond acceptors (Lipinski definition) is 5. The highest BCUT2D eigenvalue weighted by Crippen LogP contribution is 2.33. The molecular formula is C27H37NO4. The Kier molecular flexibility index (Phi) is 7.93. The van der Waals surface area contributed by atoms with E-state index >= 15 is 0 Å². The molecule has 2 aromatic rings. The van der Waals surface area contributed by atoms with E-state index in [9.17, 15) is 5.11 Å². The third-order valence-corrected chi connectivity index (χ3v) is 6.92. The first-order valence-electron chi connectivity index (χ1n) is 12.0. The molecule has 1 aliphatic carbocycles. The fraction of sp³-hybridized carbons (Fsp3) is 0.556. The molecule has 1 N–H and O–H groups in total. The second-order valence-corrected chi connectivity index (χ2v) is 9.26. The maximum absolute atomic E-state index is 10.6. The number of aryl methyl sites for hydroxylation is 1. The average molecular weight is 440 g/mol. The standard InChI is InChI=1S/C27H37NO4/c1-30-26-15-22-12-13-28(17-23(22)16-27(26)31-2)18-24(29)19-32-25-9-5-8-21(14-25)11-10-20-6-3-4-7-20/h5,8-9,14-16,20,24,29H,3-4,6-7,10-13,17-19H2,1-2H3. The third-order valence-electron chi connectivity index (χ3n) is 6.92. The minimum Gasteiger partial charge on any atom is -0.493 e. The Bertz CT molecular complexity index is 878. The van der Waals surface area contributed by atoms with Crippen LogP contribution in [0.5, 0.6) is 17.2 Å². The lowest BCUT2D eigenvalue weighted by Crippen LogP contribution is -2.38. The Morgan fingerprint density at radius 2 is 1.78 bits per heavy atom. The zero-order valence-electron chi connectivity index (χ0n) is 19.5. The van der Waals surface area contributed by atoms with Gasteiger partial charge >= 0.3 is 0 Å². The summed E-state index contributed by atoms with van der Waals surface area (Å²) in [6.45, 7) is 2.61. The Morgan fingerprint density at radius 1 is 1.03 bits per heavy atom. The van der Waals surface area contributed by atoms with E-state index in [4.69, 9.17) is 14.2 Å². The van der Waals surface area contributed by atoms with E-state index in [1.54, 1.807) is 14.2 Å². The van der Waals surface area contributed by atoms with Crippen LogP contribution < -0.4 is 14.2 Å². The number of aliphatic hydroxyl groups is 1. The van der Waals surface area contributed by atoms with Gasteiger partial charge in [-0.05, 0) is 66.1 Å². The number of aliphatic hydroxyl groups excluding tert-OH is 1. The van der Waals surface area contributed by atoms with Crippen molar-refractivity contribution in [2.45, 2.75) is 57.6 Å². The summed E-state index contributed by atoms with van der Waals surface area (Å²) in [4.78, 5) is 2.28. The molecule has 1 unspecified atom stereocenters. The van der Waals surface area contributed by atoms with Crippen molar-refractivity contribution in [3.05, 3.63) is 53.1 Å². The summed E-state index contributed by atoms with van der Waals surface area (Å²) >= 11 is 0. The number of fused-ring (bicyclic) bond motifs is 1. The topological polar surface area (TPSA) is 51.2 Å². The molecule has 0 aromatic heterocycles. The zero-order valence-corrected chi connectivity index (χ0v) is 19.5. The molecule has 0 bridgehead atoms. The predicted molar refractivity (Wildman–Crippen MR) is 127 cm³/mol. The summed E-state index contributed by atoms with van der Waals surface area (Å²) in [7, 11) is 3.33. The smallest absolute Gasteiger partial charge is 0.161 e. The van der Waals surface area contributed by atoms with Gasteiger partial charge in [0.25, 0.3) is 0 Å². The van der Waals surface area contributed by atoms with E-state index in [2.05, 4.69) is 35.2 Å². The lowest BCUT2D eigenvalue weighted by Gasteiger charge is -2.31. The summed E-state index contributed by atoms with van der Waals surface area (Å²) in [5, 5.41) is 10.6. The molecule has 1 fully saturated rings. The van der Waals surface area contributed by atoms with Crippen molar-refractivity contribution in [2.75, 3.05) is 33.9 Å². The molecule has 1 atom stereocenters. The second-order valence-electron chi connectivity index (χ2n) is 9.26. The Balaban J connectivity index is 1.25. The molecule has 5 heteroatoms. The fourth-order valence-electron chi connectivity index (χ4n) is 5.10. The lowest BCUT2D eigenvalue weighted by atomic mass is 9.98. The van der Waals surface area contributed by atoms with Crippen molar-refractivity contribution >= 4 is 0 Å². The Morgan fingerprint density at radius 3 is 2.53 bits per heavy atom. The van der Waals surface area contributed by atoms with Gasteiger partial charge in [0, 0.05) is 19.6 Å². The van der Waals surface area contributed by atoms with E-state index in [-0.39, 0.29) is 0 Å². The van der Waals surface area contributed by atoms with Gasteiger partial charge in [-0.25, -0.2) is 0 Å². The predicted octanol–water partition coefficient (Wildman–Crippen LogP) is 4.62. The van der Waals surface area contributed by atoms with Crippen LogP contribution >= 0.6 is 0 Å². The Hall–Kier alpha value is -2.24. The molecule has 0 amide bonds. The van der Waals surface area contributed by atoms with Gasteiger partial charge in [-0.3, -0.25) is 4.90 Å². The summed E-state index contributed by atoms with van der Waals surface area (Å²) in [6, 6.07) is 12.5. The molecule has 2 aromatic carbocycles. The molecule has 0 radical (unpaired) electrons. The number of rotatable bonds is 10.